The van der Waals surface area contributed by atoms with Gasteiger partial charge in [0.1, 0.15) is 11.4 Å². The van der Waals surface area contributed by atoms with Crippen LogP contribution >= 0.6 is 0 Å². The molecule has 2 rings (SSSR count). The Kier molecular flexibility index (Phi) is 7.41. The zero-order valence-electron chi connectivity index (χ0n) is 19.6. The molecule has 0 spiro atoms. The number of amides is 2. The van der Waals surface area contributed by atoms with Gasteiger partial charge in [0.15, 0.2) is 12.1 Å². The van der Waals surface area contributed by atoms with Crippen molar-refractivity contribution in [2.24, 2.45) is 0 Å². The number of nitrogens with zero attached hydrogens (tertiary/aromatic N) is 2. The summed E-state index contributed by atoms with van der Waals surface area (Å²) in [6.07, 6.45) is 2.40. The van der Waals surface area contributed by atoms with Crippen LogP contribution in [0, 0.1) is 0 Å². The lowest BCUT2D eigenvalue weighted by Gasteiger charge is -2.22. The maximum absolute atomic E-state index is 13.4. The van der Waals surface area contributed by atoms with Gasteiger partial charge in [-0.25, -0.2) is 4.98 Å². The van der Waals surface area contributed by atoms with Crippen molar-refractivity contribution >= 4 is 18.1 Å². The summed E-state index contributed by atoms with van der Waals surface area (Å²) in [6, 6.07) is 6.96. The molecule has 0 atom stereocenters. The highest BCUT2D eigenvalue weighted by atomic mass is 16.2. The molecule has 0 aliphatic rings. The Morgan fingerprint density at radius 2 is 1.58 bits per heavy atom. The van der Waals surface area contributed by atoms with E-state index >= 15 is 0 Å². The SMILES string of the molecule is CCCCn1c(C(=O)NC(C)(C)C)nc(-c2ccccc2C=O)c1C(=O)NC(C)(C)C. The highest BCUT2D eigenvalue weighted by molar-refractivity contribution is 6.03. The first kappa shape index (κ1) is 24.3. The number of hydrogen-bond donors (Lipinski definition) is 2. The highest BCUT2D eigenvalue weighted by Gasteiger charge is 2.30. The van der Waals surface area contributed by atoms with Crippen LogP contribution in [0.3, 0.4) is 0 Å². The normalized spacial score (nSPS) is 11.8. The third-order valence-electron chi connectivity index (χ3n) is 4.44. The molecule has 1 aromatic heterocycles. The Labute approximate surface area is 184 Å². The van der Waals surface area contributed by atoms with E-state index in [0.29, 0.717) is 23.4 Å². The van der Waals surface area contributed by atoms with Crippen LogP contribution in [-0.4, -0.2) is 38.7 Å². The monoisotopic (exact) mass is 426 g/mol. The summed E-state index contributed by atoms with van der Waals surface area (Å²) in [5, 5.41) is 5.92. The molecule has 2 amide bonds. The zero-order chi connectivity index (χ0) is 23.4. The lowest BCUT2D eigenvalue weighted by molar-refractivity contribution is 0.0900. The number of nitrogens with one attached hydrogen (secondary N) is 2. The molecular weight excluding hydrogens is 392 g/mol. The maximum Gasteiger partial charge on any atom is 0.287 e. The number of carbonyl (C=O) groups excluding carboxylic acids is 3. The van der Waals surface area contributed by atoms with E-state index in [1.807, 2.05) is 48.5 Å². The van der Waals surface area contributed by atoms with Gasteiger partial charge in [0, 0.05) is 28.7 Å². The van der Waals surface area contributed by atoms with E-state index in [0.717, 1.165) is 19.1 Å². The fraction of sp³-hybridized carbons (Fsp3) is 0.500. The van der Waals surface area contributed by atoms with Gasteiger partial charge in [-0.2, -0.15) is 0 Å². The van der Waals surface area contributed by atoms with Crippen molar-refractivity contribution in [3.05, 3.63) is 41.3 Å². The molecule has 2 aromatic rings. The van der Waals surface area contributed by atoms with Gasteiger partial charge in [-0.05, 0) is 48.0 Å². The molecule has 2 N–H and O–H groups in total. The minimum atomic E-state index is -0.480. The van der Waals surface area contributed by atoms with E-state index in [4.69, 9.17) is 0 Å². The minimum Gasteiger partial charge on any atom is -0.346 e. The molecule has 0 aliphatic carbocycles. The molecule has 7 heteroatoms. The van der Waals surface area contributed by atoms with Crippen LogP contribution < -0.4 is 10.6 Å². The number of rotatable bonds is 7. The van der Waals surface area contributed by atoms with Crippen LogP contribution in [0.15, 0.2) is 24.3 Å². The van der Waals surface area contributed by atoms with E-state index < -0.39 is 11.1 Å². The van der Waals surface area contributed by atoms with E-state index in [-0.39, 0.29) is 23.3 Å². The van der Waals surface area contributed by atoms with Crippen molar-refractivity contribution < 1.29 is 14.4 Å². The predicted octanol–water partition coefficient (Wildman–Crippen LogP) is 4.22. The number of aldehydes is 1. The Morgan fingerprint density at radius 1 is 1.00 bits per heavy atom. The van der Waals surface area contributed by atoms with Crippen LogP contribution in [0.2, 0.25) is 0 Å². The smallest absolute Gasteiger partial charge is 0.287 e. The van der Waals surface area contributed by atoms with Crippen molar-refractivity contribution in [2.45, 2.75) is 78.9 Å². The van der Waals surface area contributed by atoms with Crippen LogP contribution in [0.25, 0.3) is 11.3 Å². The Bertz CT molecular complexity index is 962. The summed E-state index contributed by atoms with van der Waals surface area (Å²) >= 11 is 0. The van der Waals surface area contributed by atoms with E-state index in [2.05, 4.69) is 15.6 Å². The van der Waals surface area contributed by atoms with E-state index in [9.17, 15) is 14.4 Å². The topological polar surface area (TPSA) is 93.1 Å². The van der Waals surface area contributed by atoms with Gasteiger partial charge < -0.3 is 15.2 Å². The predicted molar refractivity (Wildman–Crippen MR) is 122 cm³/mol. The third kappa shape index (κ3) is 6.26. The van der Waals surface area contributed by atoms with Crippen LogP contribution in [0.5, 0.6) is 0 Å². The molecule has 0 bridgehead atoms. The average Bonchev–Trinajstić information content (AvgIpc) is 3.03. The molecule has 1 heterocycles. The quantitative estimate of drug-likeness (QED) is 0.648. The second kappa shape index (κ2) is 9.45. The fourth-order valence-electron chi connectivity index (χ4n) is 3.19. The van der Waals surface area contributed by atoms with E-state index in [1.165, 1.54) is 0 Å². The molecule has 168 valence electrons. The number of hydrogen-bond acceptors (Lipinski definition) is 4. The van der Waals surface area contributed by atoms with Crippen LogP contribution in [0.1, 0.15) is 92.8 Å². The number of benzene rings is 1. The van der Waals surface area contributed by atoms with Crippen molar-refractivity contribution in [1.29, 1.82) is 0 Å². The van der Waals surface area contributed by atoms with Gasteiger partial charge >= 0.3 is 0 Å². The minimum absolute atomic E-state index is 0.165. The Morgan fingerprint density at radius 3 is 2.13 bits per heavy atom. The van der Waals surface area contributed by atoms with Gasteiger partial charge in [0.2, 0.25) is 0 Å². The van der Waals surface area contributed by atoms with Crippen molar-refractivity contribution in [3.8, 4) is 11.3 Å². The summed E-state index contributed by atoms with van der Waals surface area (Å²) in [5.41, 5.74) is 0.614. The van der Waals surface area contributed by atoms with Gasteiger partial charge in [-0.15, -0.1) is 0 Å². The molecular formula is C24H34N4O3. The molecule has 0 aliphatic heterocycles. The molecule has 1 aromatic carbocycles. The summed E-state index contributed by atoms with van der Waals surface area (Å²) in [5.74, 6) is -0.525. The fourth-order valence-corrected chi connectivity index (χ4v) is 3.19. The molecule has 0 unspecified atom stereocenters. The lowest BCUT2D eigenvalue weighted by Crippen LogP contribution is -2.43. The summed E-state index contributed by atoms with van der Waals surface area (Å²) in [7, 11) is 0. The zero-order valence-corrected chi connectivity index (χ0v) is 19.6. The highest BCUT2D eigenvalue weighted by Crippen LogP contribution is 2.28. The largest absolute Gasteiger partial charge is 0.346 e. The van der Waals surface area contributed by atoms with Gasteiger partial charge in [0.25, 0.3) is 11.8 Å². The first-order chi connectivity index (χ1) is 14.4. The summed E-state index contributed by atoms with van der Waals surface area (Å²) in [6.45, 7) is 13.9. The molecule has 0 saturated carbocycles. The second-order valence-electron chi connectivity index (χ2n) is 9.75. The summed E-state index contributed by atoms with van der Waals surface area (Å²) in [4.78, 5) is 42.8. The first-order valence-electron chi connectivity index (χ1n) is 10.7. The van der Waals surface area contributed by atoms with Crippen molar-refractivity contribution in [3.63, 3.8) is 0 Å². The van der Waals surface area contributed by atoms with Crippen LogP contribution in [-0.2, 0) is 6.54 Å². The van der Waals surface area contributed by atoms with Crippen LogP contribution in [0.4, 0.5) is 0 Å². The summed E-state index contributed by atoms with van der Waals surface area (Å²) < 4.78 is 1.68. The molecule has 31 heavy (non-hydrogen) atoms. The van der Waals surface area contributed by atoms with Gasteiger partial charge in [0.05, 0.1) is 0 Å². The molecule has 0 saturated heterocycles. The lowest BCUT2D eigenvalue weighted by atomic mass is 10.0. The van der Waals surface area contributed by atoms with Crippen molar-refractivity contribution in [2.75, 3.05) is 0 Å². The number of carbonyl (C=O) groups is 3. The van der Waals surface area contributed by atoms with Crippen molar-refractivity contribution in [1.82, 2.24) is 20.2 Å². The third-order valence-corrected chi connectivity index (χ3v) is 4.44. The molecule has 7 nitrogen and oxygen atoms in total. The molecule has 0 radical (unpaired) electrons. The Hall–Kier alpha value is -2.96. The first-order valence-corrected chi connectivity index (χ1v) is 10.7. The average molecular weight is 427 g/mol. The second-order valence-corrected chi connectivity index (χ2v) is 9.75. The number of aromatic nitrogens is 2. The van der Waals surface area contributed by atoms with Gasteiger partial charge in [-0.3, -0.25) is 14.4 Å². The maximum atomic E-state index is 13.4. The Balaban J connectivity index is 2.79. The molecule has 0 fully saturated rings. The van der Waals surface area contributed by atoms with E-state index in [1.54, 1.807) is 28.8 Å². The van der Waals surface area contributed by atoms with Gasteiger partial charge in [-0.1, -0.05) is 37.6 Å². The number of imidazole rings is 1. The number of unbranched alkanes of at least 4 members (excludes halogenated alkanes) is 1. The standard InChI is InChI=1S/C24H34N4O3/c1-8-9-14-28-19(21(30)26-23(2,3)4)18(17-13-11-10-12-16(17)15-29)25-20(28)22(31)27-24(5,6)7/h10-13,15H,8-9,14H2,1-7H3,(H,26,30)(H,27,31).